The Balaban J connectivity index is 1.90. The fourth-order valence-electron chi connectivity index (χ4n) is 2.57. The van der Waals surface area contributed by atoms with Crippen LogP contribution in [0.15, 0.2) is 46.3 Å². The number of benzene rings is 2. The fraction of sp³-hybridized carbons (Fsp3) is 0.316. The number of nitrogens with zero attached hydrogens (tertiary/aromatic N) is 2. The molecule has 2 aromatic rings. The summed E-state index contributed by atoms with van der Waals surface area (Å²) in [6.07, 6.45) is 0.993. The van der Waals surface area contributed by atoms with Crippen LogP contribution in [0.3, 0.4) is 0 Å². The fourth-order valence-corrected chi connectivity index (χ4v) is 3.21. The lowest BCUT2D eigenvalue weighted by Gasteiger charge is -2.13. The zero-order chi connectivity index (χ0) is 22.3. The highest BCUT2D eigenvalue weighted by Gasteiger charge is 2.18. The Labute approximate surface area is 174 Å². The normalized spacial score (nSPS) is 11.8. The van der Waals surface area contributed by atoms with Crippen LogP contribution in [0.2, 0.25) is 0 Å². The van der Waals surface area contributed by atoms with E-state index in [4.69, 9.17) is 0 Å². The monoisotopic (exact) mass is 437 g/mol. The molecule has 0 fully saturated rings. The number of aryl methyl sites for hydroxylation is 1. The molecule has 30 heavy (non-hydrogen) atoms. The van der Waals surface area contributed by atoms with Gasteiger partial charge in [0.2, 0.25) is 0 Å². The largest absolute Gasteiger partial charge is 0.378 e. The molecule has 0 aliphatic heterocycles. The minimum atomic E-state index is -3.54. The molecule has 11 heteroatoms. The average molecular weight is 437 g/mol. The maximum absolute atomic E-state index is 13.6. The first-order valence-corrected chi connectivity index (χ1v) is 10.9. The van der Waals surface area contributed by atoms with Crippen LogP contribution in [0.25, 0.3) is 0 Å². The quantitative estimate of drug-likeness (QED) is 0.190. The molecular formula is C19H24FN5O4S. The van der Waals surface area contributed by atoms with Gasteiger partial charge in [-0.2, -0.15) is 0 Å². The SMILES string of the molecule is CN=C(NCCNc1ccc(S(C)(=O)=O)cc1[N+](=O)[O-])NCc1ccc(C)c(F)c1. The molecule has 0 spiro atoms. The number of hydrogen-bond acceptors (Lipinski definition) is 6. The third-order valence-corrected chi connectivity index (χ3v) is 5.36. The van der Waals surface area contributed by atoms with Crippen molar-refractivity contribution < 1.29 is 17.7 Å². The highest BCUT2D eigenvalue weighted by molar-refractivity contribution is 7.90. The van der Waals surface area contributed by atoms with Gasteiger partial charge in [0.05, 0.1) is 9.82 Å². The molecule has 3 N–H and O–H groups in total. The Morgan fingerprint density at radius 1 is 1.17 bits per heavy atom. The van der Waals surface area contributed by atoms with E-state index in [1.165, 1.54) is 18.2 Å². The van der Waals surface area contributed by atoms with Crippen molar-refractivity contribution in [1.29, 1.82) is 0 Å². The van der Waals surface area contributed by atoms with E-state index in [1.54, 1.807) is 20.0 Å². The van der Waals surface area contributed by atoms with Crippen molar-refractivity contribution in [3.8, 4) is 0 Å². The van der Waals surface area contributed by atoms with E-state index in [0.29, 0.717) is 31.2 Å². The molecule has 0 atom stereocenters. The maximum Gasteiger partial charge on any atom is 0.293 e. The molecule has 0 heterocycles. The first-order valence-electron chi connectivity index (χ1n) is 9.03. The zero-order valence-corrected chi connectivity index (χ0v) is 17.7. The summed E-state index contributed by atoms with van der Waals surface area (Å²) in [6.45, 7) is 2.77. The van der Waals surface area contributed by atoms with Crippen molar-refractivity contribution >= 4 is 27.2 Å². The van der Waals surface area contributed by atoms with E-state index in [1.807, 2.05) is 6.07 Å². The Hall–Kier alpha value is -3.21. The van der Waals surface area contributed by atoms with Crippen molar-refractivity contribution in [2.24, 2.45) is 4.99 Å². The average Bonchev–Trinajstić information content (AvgIpc) is 2.69. The van der Waals surface area contributed by atoms with Gasteiger partial charge in [-0.1, -0.05) is 12.1 Å². The summed E-state index contributed by atoms with van der Waals surface area (Å²) in [5.41, 5.74) is 1.24. The molecule has 9 nitrogen and oxygen atoms in total. The second kappa shape index (κ2) is 10.0. The van der Waals surface area contributed by atoms with Gasteiger partial charge in [-0.15, -0.1) is 0 Å². The second-order valence-corrected chi connectivity index (χ2v) is 8.59. The number of anilines is 1. The molecule has 0 amide bonds. The van der Waals surface area contributed by atoms with Crippen molar-refractivity contribution in [3.63, 3.8) is 0 Å². The molecule has 2 rings (SSSR count). The molecule has 0 aliphatic rings. The van der Waals surface area contributed by atoms with Gasteiger partial charge in [-0.05, 0) is 36.2 Å². The van der Waals surface area contributed by atoms with Crippen LogP contribution in [0.5, 0.6) is 0 Å². The standard InChI is InChI=1S/C19H24FN5O4S/c1-13-4-5-14(10-16(13)20)12-24-19(21-2)23-9-8-22-17-7-6-15(30(3,28)29)11-18(17)25(26)27/h4-7,10-11,22H,8-9,12H2,1-3H3,(H2,21,23,24). The van der Waals surface area contributed by atoms with Crippen LogP contribution in [-0.4, -0.2) is 45.7 Å². The number of nitrogens with one attached hydrogen (secondary N) is 3. The van der Waals surface area contributed by atoms with Crippen LogP contribution in [0, 0.1) is 22.9 Å². The first kappa shape index (κ1) is 23.1. The molecule has 0 radical (unpaired) electrons. The molecule has 0 saturated carbocycles. The van der Waals surface area contributed by atoms with Crippen molar-refractivity contribution in [2.75, 3.05) is 31.7 Å². The Morgan fingerprint density at radius 2 is 1.90 bits per heavy atom. The molecule has 0 saturated heterocycles. The van der Waals surface area contributed by atoms with Gasteiger partial charge in [0.15, 0.2) is 15.8 Å². The second-order valence-electron chi connectivity index (χ2n) is 6.57. The Bertz CT molecular complexity index is 1060. The lowest BCUT2D eigenvalue weighted by molar-refractivity contribution is -0.384. The van der Waals surface area contributed by atoms with E-state index in [0.717, 1.165) is 17.9 Å². The van der Waals surface area contributed by atoms with Gasteiger partial charge in [0.1, 0.15) is 11.5 Å². The number of halogens is 1. The van der Waals surface area contributed by atoms with Crippen molar-refractivity contribution in [2.45, 2.75) is 18.4 Å². The molecule has 0 bridgehead atoms. The summed E-state index contributed by atoms with van der Waals surface area (Å²) in [5, 5.41) is 20.3. The maximum atomic E-state index is 13.6. The number of nitro benzene ring substituents is 1. The lowest BCUT2D eigenvalue weighted by atomic mass is 10.1. The Morgan fingerprint density at radius 3 is 2.50 bits per heavy atom. The topological polar surface area (TPSA) is 126 Å². The van der Waals surface area contributed by atoms with E-state index in [2.05, 4.69) is 20.9 Å². The Kier molecular flexibility index (Phi) is 7.70. The van der Waals surface area contributed by atoms with E-state index < -0.39 is 14.8 Å². The van der Waals surface area contributed by atoms with Crippen LogP contribution in [0.1, 0.15) is 11.1 Å². The highest BCUT2D eigenvalue weighted by Crippen LogP contribution is 2.27. The minimum Gasteiger partial charge on any atom is -0.378 e. The van der Waals surface area contributed by atoms with Gasteiger partial charge >= 0.3 is 0 Å². The zero-order valence-electron chi connectivity index (χ0n) is 16.9. The van der Waals surface area contributed by atoms with Crippen LogP contribution in [0.4, 0.5) is 15.8 Å². The number of sulfone groups is 1. The van der Waals surface area contributed by atoms with Crippen LogP contribution >= 0.6 is 0 Å². The van der Waals surface area contributed by atoms with Gasteiger partial charge in [0.25, 0.3) is 5.69 Å². The molecule has 2 aromatic carbocycles. The first-order chi connectivity index (χ1) is 14.1. The third kappa shape index (κ3) is 6.41. The number of rotatable bonds is 8. The summed E-state index contributed by atoms with van der Waals surface area (Å²) < 4.78 is 36.8. The van der Waals surface area contributed by atoms with Gasteiger partial charge in [-0.25, -0.2) is 12.8 Å². The van der Waals surface area contributed by atoms with Crippen LogP contribution in [-0.2, 0) is 16.4 Å². The van der Waals surface area contributed by atoms with Gasteiger partial charge in [0, 0.05) is 39.0 Å². The number of aliphatic imine (C=N–C) groups is 1. The summed E-state index contributed by atoms with van der Waals surface area (Å²) in [7, 11) is -1.95. The van der Waals surface area contributed by atoms with E-state index in [-0.39, 0.29) is 22.1 Å². The smallest absolute Gasteiger partial charge is 0.293 e. The summed E-state index contributed by atoms with van der Waals surface area (Å²) in [4.78, 5) is 14.6. The molecular weight excluding hydrogens is 413 g/mol. The van der Waals surface area contributed by atoms with E-state index >= 15 is 0 Å². The van der Waals surface area contributed by atoms with E-state index in [9.17, 15) is 22.9 Å². The number of nitro groups is 1. The van der Waals surface area contributed by atoms with Crippen molar-refractivity contribution in [1.82, 2.24) is 10.6 Å². The van der Waals surface area contributed by atoms with Crippen molar-refractivity contribution in [3.05, 3.63) is 63.5 Å². The number of hydrogen-bond donors (Lipinski definition) is 3. The summed E-state index contributed by atoms with van der Waals surface area (Å²) in [6, 6.07) is 8.70. The third-order valence-electron chi connectivity index (χ3n) is 4.25. The van der Waals surface area contributed by atoms with Gasteiger partial charge < -0.3 is 16.0 Å². The molecule has 0 aliphatic carbocycles. The minimum absolute atomic E-state index is 0.116. The molecule has 0 unspecified atom stereocenters. The number of guanidine groups is 1. The predicted octanol–water partition coefficient (Wildman–Crippen LogP) is 2.22. The lowest BCUT2D eigenvalue weighted by Crippen LogP contribution is -2.39. The highest BCUT2D eigenvalue weighted by atomic mass is 32.2. The molecule has 162 valence electrons. The summed E-state index contributed by atoms with van der Waals surface area (Å²) >= 11 is 0. The predicted molar refractivity (Wildman–Crippen MR) is 114 cm³/mol. The summed E-state index contributed by atoms with van der Waals surface area (Å²) in [5.74, 6) is 0.213. The molecule has 0 aromatic heterocycles. The van der Waals surface area contributed by atoms with Gasteiger partial charge in [-0.3, -0.25) is 15.1 Å². The van der Waals surface area contributed by atoms with Crippen LogP contribution < -0.4 is 16.0 Å².